The van der Waals surface area contributed by atoms with Gasteiger partial charge in [-0.15, -0.1) is 6.42 Å². The maximum absolute atomic E-state index is 12.0. The summed E-state index contributed by atoms with van der Waals surface area (Å²) in [4.78, 5) is 27.8. The molecule has 1 amide bonds. The molecule has 5 nitrogen and oxygen atoms in total. The summed E-state index contributed by atoms with van der Waals surface area (Å²) in [6.45, 7) is 2.46. The molecule has 0 aliphatic heterocycles. The van der Waals surface area contributed by atoms with Crippen molar-refractivity contribution in [1.82, 2.24) is 9.88 Å². The standard InChI is InChI=1S/C12H12N2O3/c1-3-7-14(4-2)11(15)9-5-6-13-10(8-9)12(16)17/h1,5-6,8H,4,7H2,2H3,(H,16,17). The Labute approximate surface area is 99.1 Å². The van der Waals surface area contributed by atoms with Gasteiger partial charge in [0, 0.05) is 18.3 Å². The van der Waals surface area contributed by atoms with Crippen LogP contribution in [0.2, 0.25) is 0 Å². The van der Waals surface area contributed by atoms with E-state index in [4.69, 9.17) is 11.5 Å². The predicted molar refractivity (Wildman–Crippen MR) is 61.6 cm³/mol. The second kappa shape index (κ2) is 5.66. The van der Waals surface area contributed by atoms with Gasteiger partial charge < -0.3 is 10.0 Å². The number of carbonyl (C=O) groups is 2. The van der Waals surface area contributed by atoms with Crippen LogP contribution in [0.1, 0.15) is 27.8 Å². The summed E-state index contributed by atoms with van der Waals surface area (Å²) >= 11 is 0. The summed E-state index contributed by atoms with van der Waals surface area (Å²) in [6, 6.07) is 2.71. The van der Waals surface area contributed by atoms with Crippen LogP contribution >= 0.6 is 0 Å². The zero-order valence-electron chi connectivity index (χ0n) is 9.38. The highest BCUT2D eigenvalue weighted by Gasteiger charge is 2.15. The summed E-state index contributed by atoms with van der Waals surface area (Å²) in [7, 11) is 0. The zero-order valence-corrected chi connectivity index (χ0v) is 9.38. The lowest BCUT2D eigenvalue weighted by Gasteiger charge is -2.17. The molecule has 0 spiro atoms. The van der Waals surface area contributed by atoms with Crippen LogP contribution in [0.4, 0.5) is 0 Å². The van der Waals surface area contributed by atoms with Gasteiger partial charge >= 0.3 is 5.97 Å². The maximum Gasteiger partial charge on any atom is 0.354 e. The number of nitrogens with zero attached hydrogens (tertiary/aromatic N) is 2. The molecule has 0 aliphatic carbocycles. The maximum atomic E-state index is 12.0. The average Bonchev–Trinajstić information content (AvgIpc) is 2.35. The fraction of sp³-hybridized carbons (Fsp3) is 0.250. The van der Waals surface area contributed by atoms with Gasteiger partial charge in [-0.05, 0) is 19.1 Å². The van der Waals surface area contributed by atoms with E-state index >= 15 is 0 Å². The second-order valence-corrected chi connectivity index (χ2v) is 3.26. The summed E-state index contributed by atoms with van der Waals surface area (Å²) in [5, 5.41) is 8.77. The number of carboxylic acids is 1. The molecule has 0 atom stereocenters. The monoisotopic (exact) mass is 232 g/mol. The Morgan fingerprint density at radius 3 is 2.82 bits per heavy atom. The Balaban J connectivity index is 3.00. The van der Waals surface area contributed by atoms with E-state index in [2.05, 4.69) is 10.9 Å². The van der Waals surface area contributed by atoms with Crippen LogP contribution in [-0.4, -0.2) is 40.0 Å². The number of carbonyl (C=O) groups excluding carboxylic acids is 1. The highest BCUT2D eigenvalue weighted by atomic mass is 16.4. The van der Waals surface area contributed by atoms with Crippen LogP contribution < -0.4 is 0 Å². The first kappa shape index (κ1) is 12.7. The van der Waals surface area contributed by atoms with Crippen LogP contribution in [0.15, 0.2) is 18.3 Å². The molecule has 0 aromatic carbocycles. The van der Waals surface area contributed by atoms with E-state index in [1.54, 1.807) is 6.92 Å². The Morgan fingerprint density at radius 2 is 2.29 bits per heavy atom. The van der Waals surface area contributed by atoms with Crippen molar-refractivity contribution in [3.8, 4) is 12.3 Å². The van der Waals surface area contributed by atoms with Gasteiger partial charge in [-0.25, -0.2) is 9.78 Å². The van der Waals surface area contributed by atoms with Crippen molar-refractivity contribution in [1.29, 1.82) is 0 Å². The first-order valence-electron chi connectivity index (χ1n) is 5.02. The molecular weight excluding hydrogens is 220 g/mol. The van der Waals surface area contributed by atoms with Crippen molar-refractivity contribution in [2.75, 3.05) is 13.1 Å². The molecule has 1 rings (SSSR count). The molecule has 0 bridgehead atoms. The lowest BCUT2D eigenvalue weighted by Crippen LogP contribution is -2.31. The van der Waals surface area contributed by atoms with Crippen molar-refractivity contribution < 1.29 is 14.7 Å². The van der Waals surface area contributed by atoms with Crippen LogP contribution in [-0.2, 0) is 0 Å². The van der Waals surface area contributed by atoms with Crippen molar-refractivity contribution in [3.05, 3.63) is 29.6 Å². The fourth-order valence-electron chi connectivity index (χ4n) is 1.30. The van der Waals surface area contributed by atoms with E-state index in [1.165, 1.54) is 23.2 Å². The Hall–Kier alpha value is -2.35. The molecule has 17 heavy (non-hydrogen) atoms. The van der Waals surface area contributed by atoms with Gasteiger partial charge in [0.1, 0.15) is 5.69 Å². The van der Waals surface area contributed by atoms with Crippen molar-refractivity contribution in [3.63, 3.8) is 0 Å². The van der Waals surface area contributed by atoms with Crippen LogP contribution in [0.3, 0.4) is 0 Å². The molecule has 0 radical (unpaired) electrons. The molecule has 1 heterocycles. The Kier molecular flexibility index (Phi) is 4.23. The molecule has 0 fully saturated rings. The second-order valence-electron chi connectivity index (χ2n) is 3.26. The van der Waals surface area contributed by atoms with E-state index in [0.29, 0.717) is 6.54 Å². The molecule has 1 N–H and O–H groups in total. The van der Waals surface area contributed by atoms with E-state index in [9.17, 15) is 9.59 Å². The van der Waals surface area contributed by atoms with Gasteiger partial charge in [0.05, 0.1) is 6.54 Å². The molecule has 88 valence electrons. The van der Waals surface area contributed by atoms with Gasteiger partial charge in [-0.3, -0.25) is 4.79 Å². The first-order chi connectivity index (χ1) is 8.10. The molecule has 0 unspecified atom stereocenters. The van der Waals surface area contributed by atoms with E-state index in [1.807, 2.05) is 0 Å². The minimum absolute atomic E-state index is 0.160. The third-order valence-electron chi connectivity index (χ3n) is 2.18. The zero-order chi connectivity index (χ0) is 12.8. The molecular formula is C12H12N2O3. The van der Waals surface area contributed by atoms with E-state index in [-0.39, 0.29) is 23.7 Å². The molecule has 0 aliphatic rings. The Bertz CT molecular complexity index is 477. The van der Waals surface area contributed by atoms with Crippen LogP contribution in [0.5, 0.6) is 0 Å². The van der Waals surface area contributed by atoms with Crippen LogP contribution in [0, 0.1) is 12.3 Å². The number of aromatic carboxylic acids is 1. The molecule has 1 aromatic rings. The van der Waals surface area contributed by atoms with Gasteiger partial charge in [0.15, 0.2) is 0 Å². The molecule has 0 saturated heterocycles. The number of hydrogen-bond acceptors (Lipinski definition) is 3. The number of amides is 1. The number of hydrogen-bond donors (Lipinski definition) is 1. The highest BCUT2D eigenvalue weighted by Crippen LogP contribution is 2.06. The topological polar surface area (TPSA) is 70.5 Å². The SMILES string of the molecule is C#CCN(CC)C(=O)c1ccnc(C(=O)O)c1. The average molecular weight is 232 g/mol. The fourth-order valence-corrected chi connectivity index (χ4v) is 1.30. The van der Waals surface area contributed by atoms with Crippen molar-refractivity contribution >= 4 is 11.9 Å². The minimum Gasteiger partial charge on any atom is -0.477 e. The third kappa shape index (κ3) is 3.05. The molecule has 0 saturated carbocycles. The third-order valence-corrected chi connectivity index (χ3v) is 2.18. The quantitative estimate of drug-likeness (QED) is 0.782. The normalized spacial score (nSPS) is 9.41. The van der Waals surface area contributed by atoms with E-state index in [0.717, 1.165) is 0 Å². The largest absolute Gasteiger partial charge is 0.477 e. The van der Waals surface area contributed by atoms with Crippen LogP contribution in [0.25, 0.3) is 0 Å². The number of pyridine rings is 1. The lowest BCUT2D eigenvalue weighted by molar-refractivity contribution is 0.0690. The van der Waals surface area contributed by atoms with Gasteiger partial charge in [0.25, 0.3) is 5.91 Å². The van der Waals surface area contributed by atoms with Crippen molar-refractivity contribution in [2.45, 2.75) is 6.92 Å². The van der Waals surface area contributed by atoms with Gasteiger partial charge in [0.2, 0.25) is 0 Å². The lowest BCUT2D eigenvalue weighted by atomic mass is 10.2. The molecule has 5 heteroatoms. The number of aromatic nitrogens is 1. The Morgan fingerprint density at radius 1 is 1.59 bits per heavy atom. The highest BCUT2D eigenvalue weighted by molar-refractivity contribution is 5.96. The van der Waals surface area contributed by atoms with Crippen molar-refractivity contribution in [2.24, 2.45) is 0 Å². The van der Waals surface area contributed by atoms with E-state index < -0.39 is 5.97 Å². The number of rotatable bonds is 4. The molecule has 1 aromatic heterocycles. The number of terminal acetylenes is 1. The summed E-state index contributed by atoms with van der Waals surface area (Å²) in [5.74, 6) is 0.917. The predicted octanol–water partition coefficient (Wildman–Crippen LogP) is 0.875. The minimum atomic E-state index is -1.17. The summed E-state index contributed by atoms with van der Waals surface area (Å²) < 4.78 is 0. The summed E-state index contributed by atoms with van der Waals surface area (Å²) in [6.07, 6.45) is 6.44. The summed E-state index contributed by atoms with van der Waals surface area (Å²) in [5.41, 5.74) is 0.113. The smallest absolute Gasteiger partial charge is 0.354 e. The first-order valence-corrected chi connectivity index (χ1v) is 5.02. The van der Waals surface area contributed by atoms with Gasteiger partial charge in [-0.2, -0.15) is 0 Å². The van der Waals surface area contributed by atoms with Gasteiger partial charge in [-0.1, -0.05) is 5.92 Å². The number of carboxylic acid groups (broad SMARTS) is 1.